The lowest BCUT2D eigenvalue weighted by atomic mass is 10.2. The van der Waals surface area contributed by atoms with Crippen molar-refractivity contribution in [3.8, 4) is 34.5 Å². The zero-order valence-electron chi connectivity index (χ0n) is 22.3. The summed E-state index contributed by atoms with van der Waals surface area (Å²) in [6, 6.07) is 7.06. The van der Waals surface area contributed by atoms with E-state index in [4.69, 9.17) is 18.9 Å². The summed E-state index contributed by atoms with van der Waals surface area (Å²) in [5.41, 5.74) is 2.21. The first-order chi connectivity index (χ1) is 18.7. The van der Waals surface area contributed by atoms with Crippen molar-refractivity contribution in [2.75, 3.05) is 33.2 Å². The highest BCUT2D eigenvalue weighted by Crippen LogP contribution is 2.38. The van der Waals surface area contributed by atoms with E-state index in [1.807, 2.05) is 13.0 Å². The summed E-state index contributed by atoms with van der Waals surface area (Å²) in [5.74, 6) is 1.35. The second kappa shape index (κ2) is 11.6. The number of aromatic nitrogens is 6. The largest absolute Gasteiger partial charge is 0.494 e. The van der Waals surface area contributed by atoms with E-state index >= 15 is 0 Å². The highest BCUT2D eigenvalue weighted by atomic mass is 32.2. The maximum Gasteiger partial charge on any atom is 0.243 e. The Bertz CT molecular complexity index is 1520. The van der Waals surface area contributed by atoms with Crippen molar-refractivity contribution in [1.29, 1.82) is 0 Å². The number of hydrogen-bond donors (Lipinski definition) is 1. The third kappa shape index (κ3) is 5.61. The van der Waals surface area contributed by atoms with Crippen molar-refractivity contribution in [2.45, 2.75) is 25.2 Å². The molecule has 3 aromatic heterocycles. The van der Waals surface area contributed by atoms with Crippen molar-refractivity contribution >= 4 is 16.0 Å². The highest BCUT2D eigenvalue weighted by molar-refractivity contribution is 7.93. The molecule has 1 N–H and O–H groups in total. The fraction of sp³-hybridized carbons (Fsp3) is 0.320. The van der Waals surface area contributed by atoms with Crippen LogP contribution in [0, 0.1) is 6.92 Å². The van der Waals surface area contributed by atoms with Crippen LogP contribution in [0.25, 0.3) is 17.1 Å². The minimum Gasteiger partial charge on any atom is -0.494 e. The van der Waals surface area contributed by atoms with E-state index in [9.17, 15) is 8.42 Å². The third-order valence-electron chi connectivity index (χ3n) is 5.97. The van der Waals surface area contributed by atoms with Gasteiger partial charge in [-0.1, -0.05) is 6.07 Å². The monoisotopic (exact) mass is 555 g/mol. The standard InChI is InChI=1S/C25H29N7O6S/c1-15-10-17(12-26-11-15)24-29-30-25(32(24)22-19(35-3)8-7-9-20(22)36-4)31-39(33,34)16(2)23(38-6)18-13-28-21(37-5)14-27-18/h7-14,16,23H,1-6H3,(H,30,31)/t16-,23+/m1/s1. The number of para-hydroxylation sites is 1. The number of hydrogen-bond acceptors (Lipinski definition) is 11. The third-order valence-corrected chi connectivity index (χ3v) is 7.67. The summed E-state index contributed by atoms with van der Waals surface area (Å²) in [6.07, 6.45) is 5.16. The summed E-state index contributed by atoms with van der Waals surface area (Å²) < 4.78 is 53.2. The summed E-state index contributed by atoms with van der Waals surface area (Å²) in [7, 11) is 1.73. The molecule has 0 saturated carbocycles. The molecule has 3 heterocycles. The molecule has 0 spiro atoms. The van der Waals surface area contributed by atoms with Crippen molar-refractivity contribution in [3.63, 3.8) is 0 Å². The van der Waals surface area contributed by atoms with Gasteiger partial charge in [-0.05, 0) is 37.6 Å². The molecule has 206 valence electrons. The lowest BCUT2D eigenvalue weighted by Gasteiger charge is -2.23. The number of benzene rings is 1. The number of aryl methyl sites for hydroxylation is 1. The van der Waals surface area contributed by atoms with Crippen molar-refractivity contribution < 1.29 is 27.4 Å². The van der Waals surface area contributed by atoms with E-state index in [1.54, 1.807) is 30.6 Å². The van der Waals surface area contributed by atoms with Gasteiger partial charge in [0.25, 0.3) is 0 Å². The lowest BCUT2D eigenvalue weighted by Crippen LogP contribution is -2.33. The van der Waals surface area contributed by atoms with Gasteiger partial charge >= 0.3 is 0 Å². The molecule has 1 aromatic carbocycles. The molecule has 0 aliphatic heterocycles. The van der Waals surface area contributed by atoms with Crippen LogP contribution in [0.1, 0.15) is 24.3 Å². The summed E-state index contributed by atoms with van der Waals surface area (Å²) in [6.45, 7) is 3.39. The van der Waals surface area contributed by atoms with Gasteiger partial charge in [-0.25, -0.2) is 13.4 Å². The first-order valence-electron chi connectivity index (χ1n) is 11.7. The molecule has 39 heavy (non-hydrogen) atoms. The smallest absolute Gasteiger partial charge is 0.243 e. The van der Waals surface area contributed by atoms with E-state index < -0.39 is 21.4 Å². The van der Waals surface area contributed by atoms with Crippen LogP contribution in [0.15, 0.2) is 49.1 Å². The molecule has 13 nitrogen and oxygen atoms in total. The van der Waals surface area contributed by atoms with Crippen molar-refractivity contribution in [1.82, 2.24) is 29.7 Å². The minimum atomic E-state index is -4.13. The van der Waals surface area contributed by atoms with Gasteiger partial charge in [0.15, 0.2) is 5.82 Å². The van der Waals surface area contributed by atoms with Gasteiger partial charge in [-0.15, -0.1) is 10.2 Å². The van der Waals surface area contributed by atoms with Gasteiger partial charge in [-0.3, -0.25) is 19.3 Å². The predicted molar refractivity (Wildman–Crippen MR) is 143 cm³/mol. The number of pyridine rings is 1. The van der Waals surface area contributed by atoms with E-state index in [0.29, 0.717) is 40.1 Å². The van der Waals surface area contributed by atoms with Crippen LogP contribution < -0.4 is 18.9 Å². The van der Waals surface area contributed by atoms with Gasteiger partial charge in [0, 0.05) is 25.1 Å². The average molecular weight is 556 g/mol. The Morgan fingerprint density at radius 2 is 1.64 bits per heavy atom. The fourth-order valence-electron chi connectivity index (χ4n) is 3.99. The normalized spacial score (nSPS) is 13.0. The highest BCUT2D eigenvalue weighted by Gasteiger charge is 2.34. The van der Waals surface area contributed by atoms with Crippen molar-refractivity contribution in [3.05, 3.63) is 60.3 Å². The zero-order valence-corrected chi connectivity index (χ0v) is 23.1. The molecule has 0 aliphatic carbocycles. The van der Waals surface area contributed by atoms with Crippen LogP contribution in [0.5, 0.6) is 17.4 Å². The molecular weight excluding hydrogens is 526 g/mol. The van der Waals surface area contributed by atoms with Gasteiger partial charge < -0.3 is 18.9 Å². The SMILES string of the molecule is COc1cnc([C@@H](OC)[C@@H](C)S(=O)(=O)Nc2nnc(-c3cncc(C)c3)n2-c2c(OC)cccc2OC)cn1. The Balaban J connectivity index is 1.82. The van der Waals surface area contributed by atoms with Crippen LogP contribution >= 0.6 is 0 Å². The van der Waals surface area contributed by atoms with Gasteiger partial charge in [-0.2, -0.15) is 0 Å². The summed E-state index contributed by atoms with van der Waals surface area (Å²) in [4.78, 5) is 12.6. The molecule has 0 aliphatic rings. The molecular formula is C25H29N7O6S. The Kier molecular flexibility index (Phi) is 8.26. The van der Waals surface area contributed by atoms with Crippen LogP contribution in [-0.2, 0) is 14.8 Å². The molecule has 0 radical (unpaired) electrons. The molecule has 0 bridgehead atoms. The Morgan fingerprint density at radius 3 is 2.21 bits per heavy atom. The number of methoxy groups -OCH3 is 4. The molecule has 0 unspecified atom stereocenters. The topological polar surface area (TPSA) is 152 Å². The van der Waals surface area contributed by atoms with Gasteiger partial charge in [0.1, 0.15) is 28.5 Å². The van der Waals surface area contributed by atoms with E-state index in [0.717, 1.165) is 5.56 Å². The van der Waals surface area contributed by atoms with E-state index in [2.05, 4.69) is 29.9 Å². The molecule has 14 heteroatoms. The lowest BCUT2D eigenvalue weighted by molar-refractivity contribution is 0.0984. The molecule has 0 amide bonds. The van der Waals surface area contributed by atoms with Gasteiger partial charge in [0.2, 0.25) is 21.9 Å². The quantitative estimate of drug-likeness (QED) is 0.291. The fourth-order valence-corrected chi connectivity index (χ4v) is 5.14. The first-order valence-corrected chi connectivity index (χ1v) is 13.3. The second-order valence-corrected chi connectivity index (χ2v) is 10.5. The Hall–Kier alpha value is -4.30. The van der Waals surface area contributed by atoms with Crippen LogP contribution in [0.2, 0.25) is 0 Å². The minimum absolute atomic E-state index is 0.0863. The zero-order chi connectivity index (χ0) is 28.2. The van der Waals surface area contributed by atoms with Gasteiger partial charge in [0.05, 0.1) is 39.4 Å². The molecule has 0 fully saturated rings. The molecule has 4 aromatic rings. The number of sulfonamides is 1. The Labute approximate surface area is 226 Å². The molecule has 0 saturated heterocycles. The van der Waals surface area contributed by atoms with E-state index in [-0.39, 0.29) is 5.95 Å². The van der Waals surface area contributed by atoms with E-state index in [1.165, 1.54) is 52.3 Å². The molecule has 2 atom stereocenters. The Morgan fingerprint density at radius 1 is 0.923 bits per heavy atom. The van der Waals surface area contributed by atoms with Crippen molar-refractivity contribution in [2.24, 2.45) is 0 Å². The number of anilines is 1. The number of nitrogens with one attached hydrogen (secondary N) is 1. The summed E-state index contributed by atoms with van der Waals surface area (Å²) in [5, 5.41) is 7.39. The van der Waals surface area contributed by atoms with Crippen LogP contribution in [-0.4, -0.2) is 71.8 Å². The maximum absolute atomic E-state index is 13.7. The number of rotatable bonds is 11. The summed E-state index contributed by atoms with van der Waals surface area (Å²) >= 11 is 0. The average Bonchev–Trinajstić information content (AvgIpc) is 3.35. The number of ether oxygens (including phenoxy) is 4. The van der Waals surface area contributed by atoms with Crippen LogP contribution in [0.3, 0.4) is 0 Å². The predicted octanol–water partition coefficient (Wildman–Crippen LogP) is 2.97. The first kappa shape index (κ1) is 27.7. The maximum atomic E-state index is 13.7. The van der Waals surface area contributed by atoms with Crippen LogP contribution in [0.4, 0.5) is 5.95 Å². The second-order valence-electron chi connectivity index (χ2n) is 8.44. The number of nitrogens with zero attached hydrogens (tertiary/aromatic N) is 6. The molecule has 4 rings (SSSR count).